The number of aliphatic hydroxyl groups excluding tert-OH is 1. The van der Waals surface area contributed by atoms with Gasteiger partial charge in [0.05, 0.1) is 0 Å². The number of aliphatic hydroxyl groups is 1. The molecule has 1 atom stereocenters. The molecule has 3 nitrogen and oxygen atoms in total. The Morgan fingerprint density at radius 2 is 1.79 bits per heavy atom. The van der Waals surface area contributed by atoms with Crippen LogP contribution in [0.25, 0.3) is 0 Å². The molecule has 0 spiro atoms. The third-order valence-corrected chi connectivity index (χ3v) is 3.26. The van der Waals surface area contributed by atoms with Crippen LogP contribution in [0.5, 0.6) is 0 Å². The highest BCUT2D eigenvalue weighted by Crippen LogP contribution is 2.22. The zero-order valence-corrected chi connectivity index (χ0v) is 10.5. The average molecular weight is 253 g/mol. The van der Waals surface area contributed by atoms with Crippen LogP contribution in [0.4, 0.5) is 0 Å². The van der Waals surface area contributed by atoms with E-state index < -0.39 is 6.10 Å². The molecule has 0 amide bonds. The maximum atomic E-state index is 10.00. The van der Waals surface area contributed by atoms with Crippen LogP contribution in [0.1, 0.15) is 16.7 Å². The third-order valence-electron chi connectivity index (χ3n) is 3.26. The molecule has 0 saturated heterocycles. The lowest BCUT2D eigenvalue weighted by Crippen LogP contribution is -2.16. The molecule has 0 heterocycles. The largest absolute Gasteiger partial charge is 0.391 e. The van der Waals surface area contributed by atoms with Crippen LogP contribution in [0.3, 0.4) is 0 Å². The molecule has 0 fully saturated rings. The number of hydrogen-bond donors (Lipinski definition) is 1. The van der Waals surface area contributed by atoms with Gasteiger partial charge in [0, 0.05) is 12.0 Å². The molecule has 2 aromatic carbocycles. The van der Waals surface area contributed by atoms with Crippen molar-refractivity contribution in [3.63, 3.8) is 0 Å². The first kappa shape index (κ1) is 11.9. The quantitative estimate of drug-likeness (QED) is 0.854. The van der Waals surface area contributed by atoms with E-state index in [-0.39, 0.29) is 0 Å². The molecule has 0 aromatic heterocycles. The van der Waals surface area contributed by atoms with E-state index in [1.54, 1.807) is 0 Å². The molecule has 0 saturated carbocycles. The molecule has 19 heavy (non-hydrogen) atoms. The lowest BCUT2D eigenvalue weighted by molar-refractivity contribution is 0.125. The number of hydrogen-bond acceptors (Lipinski definition) is 3. The first-order chi connectivity index (χ1) is 9.34. The Morgan fingerprint density at radius 1 is 1.05 bits per heavy atom. The predicted molar refractivity (Wildman–Crippen MR) is 73.9 cm³/mol. The lowest BCUT2D eigenvalue weighted by atomic mass is 10.1. The summed E-state index contributed by atoms with van der Waals surface area (Å²) in [6, 6.07) is 17.8. The van der Waals surface area contributed by atoms with E-state index in [1.807, 2.05) is 54.6 Å². The first-order valence-corrected chi connectivity index (χ1v) is 6.35. The molecule has 3 rings (SSSR count). The molecule has 2 aromatic rings. The van der Waals surface area contributed by atoms with Crippen molar-refractivity contribution in [3.05, 3.63) is 71.3 Å². The summed E-state index contributed by atoms with van der Waals surface area (Å²) in [5.41, 5.74) is 3.80. The van der Waals surface area contributed by atoms with Crippen molar-refractivity contribution < 1.29 is 9.94 Å². The van der Waals surface area contributed by atoms with E-state index in [0.29, 0.717) is 18.7 Å². The number of nitrogens with zero attached hydrogens (tertiary/aromatic N) is 1. The fraction of sp³-hybridized carbons (Fsp3) is 0.188. The highest BCUT2D eigenvalue weighted by molar-refractivity contribution is 6.07. The summed E-state index contributed by atoms with van der Waals surface area (Å²) in [7, 11) is 0. The average Bonchev–Trinajstić information content (AvgIpc) is 2.76. The maximum absolute atomic E-state index is 10.00. The predicted octanol–water partition coefficient (Wildman–Crippen LogP) is 2.52. The maximum Gasteiger partial charge on any atom is 0.142 e. The zero-order valence-electron chi connectivity index (χ0n) is 10.5. The minimum absolute atomic E-state index is 0.416. The summed E-state index contributed by atoms with van der Waals surface area (Å²) in [4.78, 5) is 5.36. The molecule has 3 heteroatoms. The first-order valence-electron chi connectivity index (χ1n) is 6.35. The van der Waals surface area contributed by atoms with Crippen LogP contribution in [-0.4, -0.2) is 16.9 Å². The highest BCUT2D eigenvalue weighted by atomic mass is 16.6. The third kappa shape index (κ3) is 2.51. The molecule has 1 unspecified atom stereocenters. The number of fused-ring (bicyclic) bond motifs is 1. The standard InChI is InChI=1S/C16H15NO2/c18-15-10-13-8-4-5-9-14(13)16(15)17-19-11-12-6-2-1-3-7-12/h1-9,15,18H,10-11H2/b17-16-. The van der Waals surface area contributed by atoms with Gasteiger partial charge in [0.15, 0.2) is 0 Å². The molecule has 1 aliphatic rings. The SMILES string of the molecule is OC1Cc2ccccc2/C1=N/OCc1ccccc1. The fourth-order valence-electron chi connectivity index (χ4n) is 2.29. The topological polar surface area (TPSA) is 41.8 Å². The Balaban J connectivity index is 1.74. The van der Waals surface area contributed by atoms with Gasteiger partial charge < -0.3 is 9.94 Å². The van der Waals surface area contributed by atoms with Crippen LogP contribution in [0.2, 0.25) is 0 Å². The number of rotatable bonds is 3. The van der Waals surface area contributed by atoms with E-state index in [4.69, 9.17) is 4.84 Å². The van der Waals surface area contributed by atoms with Crippen molar-refractivity contribution in [1.82, 2.24) is 0 Å². The number of oxime groups is 1. The van der Waals surface area contributed by atoms with Gasteiger partial charge in [-0.25, -0.2) is 0 Å². The minimum atomic E-state index is -0.562. The molecule has 1 N–H and O–H groups in total. The minimum Gasteiger partial charge on any atom is -0.391 e. The Hall–Kier alpha value is -2.13. The second kappa shape index (κ2) is 5.24. The van der Waals surface area contributed by atoms with Crippen molar-refractivity contribution in [1.29, 1.82) is 0 Å². The second-order valence-electron chi connectivity index (χ2n) is 4.61. The summed E-state index contributed by atoms with van der Waals surface area (Å²) >= 11 is 0. The van der Waals surface area contributed by atoms with Gasteiger partial charge in [-0.15, -0.1) is 0 Å². The summed E-state index contributed by atoms with van der Waals surface area (Å²) in [5, 5.41) is 14.1. The van der Waals surface area contributed by atoms with Crippen molar-refractivity contribution >= 4 is 5.71 Å². The van der Waals surface area contributed by atoms with E-state index in [9.17, 15) is 5.11 Å². The summed E-state index contributed by atoms with van der Waals surface area (Å²) < 4.78 is 0. The van der Waals surface area contributed by atoms with E-state index in [2.05, 4.69) is 5.16 Å². The number of benzene rings is 2. The Bertz CT molecular complexity index is 593. The Morgan fingerprint density at radius 3 is 2.63 bits per heavy atom. The summed E-state index contributed by atoms with van der Waals surface area (Å²) in [6.07, 6.45) is 0.0529. The fourth-order valence-corrected chi connectivity index (χ4v) is 2.29. The van der Waals surface area contributed by atoms with Gasteiger partial charge in [0.25, 0.3) is 0 Å². The van der Waals surface area contributed by atoms with Gasteiger partial charge in [-0.3, -0.25) is 0 Å². The van der Waals surface area contributed by atoms with Gasteiger partial charge in [0.1, 0.15) is 18.4 Å². The molecule has 0 bridgehead atoms. The summed E-state index contributed by atoms with van der Waals surface area (Å²) in [6.45, 7) is 0.416. The molecular weight excluding hydrogens is 238 g/mol. The molecule has 0 aliphatic heterocycles. The normalized spacial score (nSPS) is 19.4. The monoisotopic (exact) mass is 253 g/mol. The van der Waals surface area contributed by atoms with E-state index in [0.717, 1.165) is 16.7 Å². The molecule has 1 aliphatic carbocycles. The smallest absolute Gasteiger partial charge is 0.142 e. The van der Waals surface area contributed by atoms with Crippen LogP contribution in [0, 0.1) is 0 Å². The van der Waals surface area contributed by atoms with Gasteiger partial charge >= 0.3 is 0 Å². The van der Waals surface area contributed by atoms with E-state index in [1.165, 1.54) is 0 Å². The van der Waals surface area contributed by atoms with Gasteiger partial charge in [-0.2, -0.15) is 0 Å². The van der Waals surface area contributed by atoms with Gasteiger partial charge in [0.2, 0.25) is 0 Å². The highest BCUT2D eigenvalue weighted by Gasteiger charge is 2.26. The van der Waals surface area contributed by atoms with Crippen LogP contribution < -0.4 is 0 Å². The van der Waals surface area contributed by atoms with Crippen LogP contribution in [0.15, 0.2) is 59.8 Å². The van der Waals surface area contributed by atoms with Crippen molar-refractivity contribution in [3.8, 4) is 0 Å². The molecule has 96 valence electrons. The lowest BCUT2D eigenvalue weighted by Gasteiger charge is -2.05. The van der Waals surface area contributed by atoms with Crippen molar-refractivity contribution in [2.75, 3.05) is 0 Å². The summed E-state index contributed by atoms with van der Waals surface area (Å²) in [5.74, 6) is 0. The van der Waals surface area contributed by atoms with Gasteiger partial charge in [-0.05, 0) is 11.1 Å². The van der Waals surface area contributed by atoms with Crippen molar-refractivity contribution in [2.45, 2.75) is 19.1 Å². The Labute approximate surface area is 112 Å². The zero-order chi connectivity index (χ0) is 13.1. The van der Waals surface area contributed by atoms with Crippen molar-refractivity contribution in [2.24, 2.45) is 5.16 Å². The van der Waals surface area contributed by atoms with Gasteiger partial charge in [-0.1, -0.05) is 59.8 Å². The Kier molecular flexibility index (Phi) is 3.29. The molecular formula is C16H15NO2. The van der Waals surface area contributed by atoms with E-state index >= 15 is 0 Å². The second-order valence-corrected chi connectivity index (χ2v) is 4.61. The van der Waals surface area contributed by atoms with Crippen LogP contribution >= 0.6 is 0 Å². The van der Waals surface area contributed by atoms with Crippen LogP contribution in [-0.2, 0) is 17.9 Å². The molecule has 0 radical (unpaired) electrons.